The first-order valence-corrected chi connectivity index (χ1v) is 8.49. The fourth-order valence-corrected chi connectivity index (χ4v) is 3.70. The maximum atomic E-state index is 14.6. The van der Waals surface area contributed by atoms with Gasteiger partial charge in [-0.15, -0.1) is 6.58 Å². The van der Waals surface area contributed by atoms with Crippen molar-refractivity contribution in [3.05, 3.63) is 60.4 Å². The molecule has 132 valence electrons. The number of halogens is 3. The standard InChI is InChI=1S/C21H21F3O/c1-3-13-5-7-14(8-6-13)15-9-10-18-16(11-15)12-19(25-21(23)24)17(4-2)20(18)22/h3-4,9-14,21H,1-2,5-8H2. The van der Waals surface area contributed by atoms with Crippen LogP contribution in [0.4, 0.5) is 13.2 Å². The fourth-order valence-electron chi connectivity index (χ4n) is 3.70. The molecule has 2 aromatic rings. The molecular weight excluding hydrogens is 325 g/mol. The largest absolute Gasteiger partial charge is 0.434 e. The SMILES string of the molecule is C=Cc1c(OC(F)F)cc2cc(C3CCC(C=C)CC3)ccc2c1F. The summed E-state index contributed by atoms with van der Waals surface area (Å²) in [5.41, 5.74) is 1.08. The van der Waals surface area contributed by atoms with Crippen LogP contribution in [-0.2, 0) is 0 Å². The molecule has 0 amide bonds. The van der Waals surface area contributed by atoms with E-state index < -0.39 is 12.4 Å². The molecule has 0 radical (unpaired) electrons. The molecule has 0 aromatic heterocycles. The predicted molar refractivity (Wildman–Crippen MR) is 95.5 cm³/mol. The van der Waals surface area contributed by atoms with E-state index >= 15 is 0 Å². The van der Waals surface area contributed by atoms with Crippen LogP contribution in [0.2, 0.25) is 0 Å². The normalized spacial score (nSPS) is 20.6. The van der Waals surface area contributed by atoms with Gasteiger partial charge in [0.25, 0.3) is 0 Å². The summed E-state index contributed by atoms with van der Waals surface area (Å²) in [6, 6.07) is 7.02. The van der Waals surface area contributed by atoms with Crippen molar-refractivity contribution in [2.45, 2.75) is 38.2 Å². The first kappa shape index (κ1) is 17.6. The first-order valence-electron chi connectivity index (χ1n) is 8.49. The third-order valence-corrected chi connectivity index (χ3v) is 5.10. The number of ether oxygens (including phenoxy) is 1. The lowest BCUT2D eigenvalue weighted by Crippen LogP contribution is -2.11. The van der Waals surface area contributed by atoms with Gasteiger partial charge in [0, 0.05) is 5.39 Å². The molecule has 4 heteroatoms. The van der Waals surface area contributed by atoms with Crippen molar-refractivity contribution < 1.29 is 17.9 Å². The van der Waals surface area contributed by atoms with Gasteiger partial charge in [0.15, 0.2) is 0 Å². The minimum absolute atomic E-state index is 0.0351. The summed E-state index contributed by atoms with van der Waals surface area (Å²) < 4.78 is 44.4. The summed E-state index contributed by atoms with van der Waals surface area (Å²) in [6.45, 7) is 4.35. The Balaban J connectivity index is 1.99. The van der Waals surface area contributed by atoms with Gasteiger partial charge < -0.3 is 4.74 Å². The van der Waals surface area contributed by atoms with Gasteiger partial charge in [-0.2, -0.15) is 8.78 Å². The van der Waals surface area contributed by atoms with E-state index in [1.807, 2.05) is 18.2 Å². The molecular formula is C21H21F3O. The lowest BCUT2D eigenvalue weighted by molar-refractivity contribution is -0.0500. The third kappa shape index (κ3) is 3.58. The van der Waals surface area contributed by atoms with Crippen molar-refractivity contribution in [2.24, 2.45) is 5.92 Å². The zero-order valence-electron chi connectivity index (χ0n) is 14.0. The number of hydrogen-bond donors (Lipinski definition) is 0. The molecule has 3 rings (SSSR count). The van der Waals surface area contributed by atoms with Crippen LogP contribution in [0.15, 0.2) is 43.5 Å². The van der Waals surface area contributed by atoms with Crippen LogP contribution in [0.3, 0.4) is 0 Å². The quantitative estimate of drug-likeness (QED) is 0.548. The van der Waals surface area contributed by atoms with Crippen molar-refractivity contribution >= 4 is 16.8 Å². The highest BCUT2D eigenvalue weighted by atomic mass is 19.3. The van der Waals surface area contributed by atoms with Crippen LogP contribution in [0.1, 0.15) is 42.7 Å². The highest BCUT2D eigenvalue weighted by Crippen LogP contribution is 2.39. The Morgan fingerprint density at radius 3 is 2.40 bits per heavy atom. The lowest BCUT2D eigenvalue weighted by Gasteiger charge is -2.27. The molecule has 0 atom stereocenters. The lowest BCUT2D eigenvalue weighted by atomic mass is 9.78. The molecule has 1 aliphatic carbocycles. The Hall–Kier alpha value is -2.23. The van der Waals surface area contributed by atoms with Gasteiger partial charge in [0.1, 0.15) is 11.6 Å². The fraction of sp³-hybridized carbons (Fsp3) is 0.333. The smallest absolute Gasteiger partial charge is 0.387 e. The van der Waals surface area contributed by atoms with Crippen LogP contribution >= 0.6 is 0 Å². The number of alkyl halides is 2. The van der Waals surface area contributed by atoms with E-state index in [0.29, 0.717) is 22.6 Å². The topological polar surface area (TPSA) is 9.23 Å². The van der Waals surface area contributed by atoms with Crippen molar-refractivity contribution in [3.8, 4) is 5.75 Å². The molecule has 0 unspecified atom stereocenters. The van der Waals surface area contributed by atoms with E-state index in [9.17, 15) is 13.2 Å². The molecule has 0 N–H and O–H groups in total. The van der Waals surface area contributed by atoms with E-state index in [0.717, 1.165) is 31.2 Å². The molecule has 0 bridgehead atoms. The molecule has 0 spiro atoms. The first-order chi connectivity index (χ1) is 12.0. The van der Waals surface area contributed by atoms with Gasteiger partial charge in [-0.25, -0.2) is 4.39 Å². The van der Waals surface area contributed by atoms with E-state index in [2.05, 4.69) is 17.9 Å². The molecule has 0 heterocycles. The summed E-state index contributed by atoms with van der Waals surface area (Å²) in [7, 11) is 0. The van der Waals surface area contributed by atoms with E-state index in [1.54, 1.807) is 6.07 Å². The highest BCUT2D eigenvalue weighted by Gasteiger charge is 2.22. The monoisotopic (exact) mass is 346 g/mol. The van der Waals surface area contributed by atoms with Gasteiger partial charge >= 0.3 is 6.61 Å². The second-order valence-electron chi connectivity index (χ2n) is 6.51. The van der Waals surface area contributed by atoms with Gasteiger partial charge in [-0.05, 0) is 54.5 Å². The molecule has 1 saturated carbocycles. The number of benzene rings is 2. The highest BCUT2D eigenvalue weighted by molar-refractivity contribution is 5.88. The summed E-state index contributed by atoms with van der Waals surface area (Å²) in [6.07, 6.45) is 7.50. The molecule has 0 saturated heterocycles. The Morgan fingerprint density at radius 1 is 1.08 bits per heavy atom. The Kier molecular flexibility index (Phi) is 5.16. The predicted octanol–water partition coefficient (Wildman–Crippen LogP) is 6.68. The summed E-state index contributed by atoms with van der Waals surface area (Å²) in [5, 5.41) is 0.960. The van der Waals surface area contributed by atoms with E-state index in [4.69, 9.17) is 0 Å². The summed E-state index contributed by atoms with van der Waals surface area (Å²) >= 11 is 0. The molecule has 25 heavy (non-hydrogen) atoms. The van der Waals surface area contributed by atoms with Gasteiger partial charge in [0.05, 0.1) is 5.56 Å². The van der Waals surface area contributed by atoms with Crippen molar-refractivity contribution in [3.63, 3.8) is 0 Å². The van der Waals surface area contributed by atoms with Crippen LogP contribution in [0.25, 0.3) is 16.8 Å². The molecule has 1 nitrogen and oxygen atoms in total. The molecule has 0 aliphatic heterocycles. The average molecular weight is 346 g/mol. The van der Waals surface area contributed by atoms with Crippen molar-refractivity contribution in [2.75, 3.05) is 0 Å². The summed E-state index contributed by atoms with van der Waals surface area (Å²) in [4.78, 5) is 0. The van der Waals surface area contributed by atoms with Gasteiger partial charge in [0.2, 0.25) is 0 Å². The van der Waals surface area contributed by atoms with Gasteiger partial charge in [-0.1, -0.05) is 36.9 Å². The maximum absolute atomic E-state index is 14.6. The van der Waals surface area contributed by atoms with E-state index in [1.165, 1.54) is 12.1 Å². The van der Waals surface area contributed by atoms with E-state index in [-0.39, 0.29) is 11.3 Å². The second-order valence-corrected chi connectivity index (χ2v) is 6.51. The zero-order chi connectivity index (χ0) is 18.0. The van der Waals surface area contributed by atoms with Crippen LogP contribution in [0, 0.1) is 11.7 Å². The van der Waals surface area contributed by atoms with Crippen LogP contribution < -0.4 is 4.74 Å². The van der Waals surface area contributed by atoms with Crippen molar-refractivity contribution in [1.82, 2.24) is 0 Å². The maximum Gasteiger partial charge on any atom is 0.387 e. The number of fused-ring (bicyclic) bond motifs is 1. The zero-order valence-corrected chi connectivity index (χ0v) is 14.0. The van der Waals surface area contributed by atoms with Gasteiger partial charge in [-0.3, -0.25) is 0 Å². The Labute approximate surface area is 145 Å². The van der Waals surface area contributed by atoms with Crippen molar-refractivity contribution in [1.29, 1.82) is 0 Å². The number of hydrogen-bond acceptors (Lipinski definition) is 1. The second kappa shape index (κ2) is 7.34. The average Bonchev–Trinajstić information content (AvgIpc) is 2.61. The molecule has 2 aromatic carbocycles. The Morgan fingerprint density at radius 2 is 1.80 bits per heavy atom. The number of allylic oxidation sites excluding steroid dienone is 1. The molecule has 1 aliphatic rings. The summed E-state index contributed by atoms with van der Waals surface area (Å²) in [5.74, 6) is 0.213. The minimum atomic E-state index is -3.01. The molecule has 1 fully saturated rings. The number of rotatable bonds is 5. The van der Waals surface area contributed by atoms with Crippen LogP contribution in [-0.4, -0.2) is 6.61 Å². The van der Waals surface area contributed by atoms with Crippen LogP contribution in [0.5, 0.6) is 5.75 Å². The minimum Gasteiger partial charge on any atom is -0.434 e. The third-order valence-electron chi connectivity index (χ3n) is 5.10. The Bertz CT molecular complexity index is 789.